The van der Waals surface area contributed by atoms with Crippen LogP contribution >= 0.6 is 0 Å². The molecular weight excluding hydrogens is 200 g/mol. The van der Waals surface area contributed by atoms with Crippen molar-refractivity contribution >= 4 is 0 Å². The first kappa shape index (κ1) is 11.7. The Labute approximate surface area is 97.4 Å². The summed E-state index contributed by atoms with van der Waals surface area (Å²) in [5.41, 5.74) is 5.97. The zero-order chi connectivity index (χ0) is 11.4. The molecule has 1 saturated carbocycles. The van der Waals surface area contributed by atoms with E-state index in [4.69, 9.17) is 10.2 Å². The molecule has 2 rings (SSSR count). The number of hydrogen-bond donors (Lipinski definition) is 2. The molecule has 3 heteroatoms. The van der Waals surface area contributed by atoms with Gasteiger partial charge >= 0.3 is 0 Å². The minimum Gasteiger partial charge on any atom is -0.465 e. The topological polar surface area (TPSA) is 51.2 Å². The molecular formula is C13H22N2O. The Morgan fingerprint density at radius 2 is 2.31 bits per heavy atom. The van der Waals surface area contributed by atoms with Gasteiger partial charge in [-0.3, -0.25) is 0 Å². The molecule has 0 saturated heterocycles. The van der Waals surface area contributed by atoms with Gasteiger partial charge in [-0.05, 0) is 50.8 Å². The highest BCUT2D eigenvalue weighted by Crippen LogP contribution is 2.22. The molecule has 0 bridgehead atoms. The molecule has 90 valence electrons. The number of rotatable bonds is 4. The molecule has 0 radical (unpaired) electrons. The molecule has 1 aliphatic carbocycles. The average molecular weight is 222 g/mol. The van der Waals surface area contributed by atoms with E-state index in [2.05, 4.69) is 5.32 Å². The molecule has 1 aliphatic rings. The Morgan fingerprint density at radius 3 is 3.00 bits per heavy atom. The van der Waals surface area contributed by atoms with Gasteiger partial charge in [0.1, 0.15) is 11.5 Å². The van der Waals surface area contributed by atoms with Gasteiger partial charge in [0, 0.05) is 6.04 Å². The smallest absolute Gasteiger partial charge is 0.117 e. The van der Waals surface area contributed by atoms with Gasteiger partial charge in [-0.15, -0.1) is 0 Å². The quantitative estimate of drug-likeness (QED) is 0.821. The fourth-order valence-corrected chi connectivity index (χ4v) is 2.50. The number of furan rings is 1. The fourth-order valence-electron chi connectivity index (χ4n) is 2.50. The summed E-state index contributed by atoms with van der Waals surface area (Å²) in [6.07, 6.45) is 4.98. The van der Waals surface area contributed by atoms with Crippen molar-refractivity contribution in [3.8, 4) is 0 Å². The zero-order valence-electron chi connectivity index (χ0n) is 10.0. The molecule has 1 heterocycles. The second kappa shape index (κ2) is 5.51. The van der Waals surface area contributed by atoms with Gasteiger partial charge < -0.3 is 15.5 Å². The maximum Gasteiger partial charge on any atom is 0.117 e. The van der Waals surface area contributed by atoms with E-state index >= 15 is 0 Å². The molecule has 0 amide bonds. The molecule has 2 atom stereocenters. The van der Waals surface area contributed by atoms with Crippen LogP contribution in [0.15, 0.2) is 16.5 Å². The first-order chi connectivity index (χ1) is 7.74. The van der Waals surface area contributed by atoms with Crippen LogP contribution in [0, 0.1) is 12.8 Å². The molecule has 3 nitrogen and oxygen atoms in total. The van der Waals surface area contributed by atoms with Crippen molar-refractivity contribution in [2.45, 2.75) is 45.2 Å². The van der Waals surface area contributed by atoms with Crippen LogP contribution in [0.1, 0.15) is 37.2 Å². The lowest BCUT2D eigenvalue weighted by molar-refractivity contribution is 0.306. The molecule has 1 fully saturated rings. The molecule has 0 aliphatic heterocycles. The van der Waals surface area contributed by atoms with E-state index in [1.807, 2.05) is 19.1 Å². The SMILES string of the molecule is Cc1ccc(CNCC2CCCC(N)C2)o1. The second-order valence-corrected chi connectivity index (χ2v) is 4.94. The lowest BCUT2D eigenvalue weighted by Gasteiger charge is -2.26. The highest BCUT2D eigenvalue weighted by atomic mass is 16.3. The van der Waals surface area contributed by atoms with E-state index in [1.165, 1.54) is 25.7 Å². The van der Waals surface area contributed by atoms with Crippen LogP contribution in [0.3, 0.4) is 0 Å². The summed E-state index contributed by atoms with van der Waals surface area (Å²) in [5.74, 6) is 2.76. The fraction of sp³-hybridized carbons (Fsp3) is 0.692. The minimum absolute atomic E-state index is 0.423. The van der Waals surface area contributed by atoms with Gasteiger partial charge in [0.2, 0.25) is 0 Å². The standard InChI is InChI=1S/C13H22N2O/c1-10-5-6-13(16-10)9-15-8-11-3-2-4-12(14)7-11/h5-6,11-12,15H,2-4,7-9,14H2,1H3. The van der Waals surface area contributed by atoms with Crippen LogP contribution in [0.25, 0.3) is 0 Å². The van der Waals surface area contributed by atoms with E-state index < -0.39 is 0 Å². The lowest BCUT2D eigenvalue weighted by Crippen LogP contribution is -2.33. The number of aryl methyl sites for hydroxylation is 1. The summed E-state index contributed by atoms with van der Waals surface area (Å²) in [4.78, 5) is 0. The van der Waals surface area contributed by atoms with Crippen molar-refractivity contribution in [3.63, 3.8) is 0 Å². The third-order valence-electron chi connectivity index (χ3n) is 3.35. The molecule has 0 aromatic carbocycles. The minimum atomic E-state index is 0.423. The van der Waals surface area contributed by atoms with Crippen molar-refractivity contribution in [1.82, 2.24) is 5.32 Å². The van der Waals surface area contributed by atoms with Crippen LogP contribution in [-0.4, -0.2) is 12.6 Å². The van der Waals surface area contributed by atoms with Crippen molar-refractivity contribution in [3.05, 3.63) is 23.7 Å². The van der Waals surface area contributed by atoms with Crippen molar-refractivity contribution in [1.29, 1.82) is 0 Å². The van der Waals surface area contributed by atoms with Gasteiger partial charge in [0.25, 0.3) is 0 Å². The second-order valence-electron chi connectivity index (χ2n) is 4.94. The zero-order valence-corrected chi connectivity index (χ0v) is 10.0. The van der Waals surface area contributed by atoms with Crippen molar-refractivity contribution < 1.29 is 4.42 Å². The number of nitrogens with one attached hydrogen (secondary N) is 1. The summed E-state index contributed by atoms with van der Waals surface area (Å²) in [7, 11) is 0. The first-order valence-electron chi connectivity index (χ1n) is 6.25. The van der Waals surface area contributed by atoms with Crippen LogP contribution < -0.4 is 11.1 Å². The summed E-state index contributed by atoms with van der Waals surface area (Å²) in [5, 5.41) is 3.46. The van der Waals surface area contributed by atoms with E-state index in [9.17, 15) is 0 Å². The van der Waals surface area contributed by atoms with E-state index in [-0.39, 0.29) is 0 Å². The number of hydrogen-bond acceptors (Lipinski definition) is 3. The third kappa shape index (κ3) is 3.35. The highest BCUT2D eigenvalue weighted by Gasteiger charge is 2.18. The van der Waals surface area contributed by atoms with Crippen LogP contribution in [0.5, 0.6) is 0 Å². The molecule has 1 aromatic heterocycles. The van der Waals surface area contributed by atoms with Crippen LogP contribution in [-0.2, 0) is 6.54 Å². The van der Waals surface area contributed by atoms with Gasteiger partial charge in [0.15, 0.2) is 0 Å². The van der Waals surface area contributed by atoms with Crippen molar-refractivity contribution in [2.75, 3.05) is 6.54 Å². The van der Waals surface area contributed by atoms with E-state index in [0.717, 1.165) is 30.5 Å². The molecule has 3 N–H and O–H groups in total. The Morgan fingerprint density at radius 1 is 1.44 bits per heavy atom. The maximum atomic E-state index is 5.97. The summed E-state index contributed by atoms with van der Waals surface area (Å²) >= 11 is 0. The monoisotopic (exact) mass is 222 g/mol. The molecule has 0 spiro atoms. The lowest BCUT2D eigenvalue weighted by atomic mass is 9.86. The van der Waals surface area contributed by atoms with Crippen LogP contribution in [0.2, 0.25) is 0 Å². The van der Waals surface area contributed by atoms with Gasteiger partial charge in [0.05, 0.1) is 6.54 Å². The molecule has 16 heavy (non-hydrogen) atoms. The third-order valence-corrected chi connectivity index (χ3v) is 3.35. The predicted octanol–water partition coefficient (Wildman–Crippen LogP) is 2.20. The number of nitrogens with two attached hydrogens (primary N) is 1. The van der Waals surface area contributed by atoms with Crippen LogP contribution in [0.4, 0.5) is 0 Å². The Balaban J connectivity index is 1.67. The van der Waals surface area contributed by atoms with Crippen molar-refractivity contribution in [2.24, 2.45) is 11.7 Å². The summed E-state index contributed by atoms with van der Waals surface area (Å²) in [6, 6.07) is 4.47. The molecule has 1 aromatic rings. The molecule has 2 unspecified atom stereocenters. The van der Waals surface area contributed by atoms with Gasteiger partial charge in [-0.25, -0.2) is 0 Å². The summed E-state index contributed by atoms with van der Waals surface area (Å²) < 4.78 is 5.51. The Hall–Kier alpha value is -0.800. The largest absolute Gasteiger partial charge is 0.465 e. The van der Waals surface area contributed by atoms with Gasteiger partial charge in [-0.1, -0.05) is 6.42 Å². The normalized spacial score (nSPS) is 25.9. The van der Waals surface area contributed by atoms with E-state index in [0.29, 0.717) is 6.04 Å². The highest BCUT2D eigenvalue weighted by molar-refractivity contribution is 5.05. The Bertz CT molecular complexity index is 321. The van der Waals surface area contributed by atoms with Gasteiger partial charge in [-0.2, -0.15) is 0 Å². The van der Waals surface area contributed by atoms with E-state index in [1.54, 1.807) is 0 Å². The maximum absolute atomic E-state index is 5.97. The first-order valence-corrected chi connectivity index (χ1v) is 6.25. The average Bonchev–Trinajstić information content (AvgIpc) is 2.64. The Kier molecular flexibility index (Phi) is 4.02. The summed E-state index contributed by atoms with van der Waals surface area (Å²) in [6.45, 7) is 3.87. The predicted molar refractivity (Wildman–Crippen MR) is 65.1 cm³/mol.